The lowest BCUT2D eigenvalue weighted by atomic mass is 10.1. The van der Waals surface area contributed by atoms with E-state index in [-0.39, 0.29) is 5.91 Å². The molecule has 0 N–H and O–H groups in total. The molecule has 2 rings (SSSR count). The minimum atomic E-state index is -0.194. The lowest BCUT2D eigenvalue weighted by Crippen LogP contribution is -2.26. The summed E-state index contributed by atoms with van der Waals surface area (Å²) in [6.07, 6.45) is 0. The molecule has 0 radical (unpaired) electrons. The van der Waals surface area contributed by atoms with Gasteiger partial charge in [0.25, 0.3) is 5.91 Å². The molecule has 0 aliphatic rings. The van der Waals surface area contributed by atoms with Crippen molar-refractivity contribution >= 4 is 40.4 Å². The van der Waals surface area contributed by atoms with E-state index in [1.54, 1.807) is 36.2 Å². The standard InChI is InChI=1S/C14H10Cl2N2OS/c1-18(8-10-4-2-3-9(5-10)7-17)14(19)11-6-12(15)20-13(11)16/h2-6H,8H2,1H3. The van der Waals surface area contributed by atoms with Gasteiger partial charge >= 0.3 is 0 Å². The van der Waals surface area contributed by atoms with E-state index < -0.39 is 0 Å². The number of benzene rings is 1. The zero-order valence-electron chi connectivity index (χ0n) is 10.6. The maximum absolute atomic E-state index is 12.3. The Labute approximate surface area is 131 Å². The molecular weight excluding hydrogens is 315 g/mol. The molecule has 0 aliphatic heterocycles. The molecule has 0 atom stereocenters. The number of amides is 1. The maximum Gasteiger partial charge on any atom is 0.256 e. The molecule has 0 saturated heterocycles. The van der Waals surface area contributed by atoms with Crippen molar-refractivity contribution in [1.29, 1.82) is 5.26 Å². The van der Waals surface area contributed by atoms with Gasteiger partial charge in [0.2, 0.25) is 0 Å². The normalized spacial score (nSPS) is 10.1. The number of nitrogens with zero attached hydrogens (tertiary/aromatic N) is 2. The van der Waals surface area contributed by atoms with Crippen LogP contribution < -0.4 is 0 Å². The number of halogens is 2. The van der Waals surface area contributed by atoms with Crippen LogP contribution in [0.25, 0.3) is 0 Å². The van der Waals surface area contributed by atoms with Crippen LogP contribution in [0.5, 0.6) is 0 Å². The van der Waals surface area contributed by atoms with Crippen LogP contribution in [0.2, 0.25) is 8.67 Å². The van der Waals surface area contributed by atoms with Gasteiger partial charge in [-0.25, -0.2) is 0 Å². The van der Waals surface area contributed by atoms with Crippen molar-refractivity contribution in [2.24, 2.45) is 0 Å². The molecule has 1 aromatic heterocycles. The summed E-state index contributed by atoms with van der Waals surface area (Å²) in [5.74, 6) is -0.194. The lowest BCUT2D eigenvalue weighted by Gasteiger charge is -2.17. The predicted molar refractivity (Wildman–Crippen MR) is 81.3 cm³/mol. The first kappa shape index (κ1) is 14.9. The van der Waals surface area contributed by atoms with Crippen LogP contribution in [0, 0.1) is 11.3 Å². The lowest BCUT2D eigenvalue weighted by molar-refractivity contribution is 0.0786. The average molecular weight is 325 g/mol. The Bertz CT molecular complexity index is 691. The molecule has 6 heteroatoms. The first-order chi connectivity index (χ1) is 9.51. The van der Waals surface area contributed by atoms with Crippen molar-refractivity contribution in [3.05, 3.63) is 55.7 Å². The predicted octanol–water partition coefficient (Wildman–Crippen LogP) is 4.20. The minimum Gasteiger partial charge on any atom is -0.337 e. The third kappa shape index (κ3) is 3.31. The first-order valence-corrected chi connectivity index (χ1v) is 7.28. The van der Waals surface area contributed by atoms with Gasteiger partial charge in [-0.05, 0) is 23.8 Å². The summed E-state index contributed by atoms with van der Waals surface area (Å²) in [7, 11) is 1.68. The Morgan fingerprint density at radius 2 is 2.15 bits per heavy atom. The third-order valence-corrected chi connectivity index (χ3v) is 4.20. The van der Waals surface area contributed by atoms with Crippen LogP contribution in [0.1, 0.15) is 21.5 Å². The van der Waals surface area contributed by atoms with Crippen LogP contribution in [0.4, 0.5) is 0 Å². The summed E-state index contributed by atoms with van der Waals surface area (Å²) >= 11 is 13.0. The van der Waals surface area contributed by atoms with Gasteiger partial charge in [0.15, 0.2) is 0 Å². The fourth-order valence-electron chi connectivity index (χ4n) is 1.78. The second-order valence-corrected chi connectivity index (χ2v) is 6.50. The highest BCUT2D eigenvalue weighted by atomic mass is 35.5. The van der Waals surface area contributed by atoms with Crippen LogP contribution in [0.3, 0.4) is 0 Å². The summed E-state index contributed by atoms with van der Waals surface area (Å²) in [5, 5.41) is 8.86. The minimum absolute atomic E-state index is 0.194. The van der Waals surface area contributed by atoms with Crippen molar-refractivity contribution in [3.8, 4) is 6.07 Å². The van der Waals surface area contributed by atoms with E-state index in [0.717, 1.165) is 5.56 Å². The van der Waals surface area contributed by atoms with Gasteiger partial charge in [-0.15, -0.1) is 11.3 Å². The van der Waals surface area contributed by atoms with Gasteiger partial charge in [-0.3, -0.25) is 4.79 Å². The summed E-state index contributed by atoms with van der Waals surface area (Å²) in [4.78, 5) is 13.8. The van der Waals surface area contributed by atoms with E-state index in [1.807, 2.05) is 6.07 Å². The monoisotopic (exact) mass is 324 g/mol. The molecular formula is C14H10Cl2N2OS. The molecule has 1 amide bonds. The molecule has 3 nitrogen and oxygen atoms in total. The quantitative estimate of drug-likeness (QED) is 0.849. The van der Waals surface area contributed by atoms with E-state index in [0.29, 0.717) is 26.3 Å². The molecule has 1 heterocycles. The zero-order chi connectivity index (χ0) is 14.7. The number of nitriles is 1. The van der Waals surface area contributed by atoms with E-state index in [4.69, 9.17) is 28.5 Å². The van der Waals surface area contributed by atoms with Crippen molar-refractivity contribution in [3.63, 3.8) is 0 Å². The molecule has 0 saturated carbocycles. The van der Waals surface area contributed by atoms with E-state index in [2.05, 4.69) is 6.07 Å². The Kier molecular flexibility index (Phi) is 4.66. The average Bonchev–Trinajstić information content (AvgIpc) is 2.77. The van der Waals surface area contributed by atoms with E-state index in [9.17, 15) is 4.79 Å². The Morgan fingerprint density at radius 3 is 2.75 bits per heavy atom. The Morgan fingerprint density at radius 1 is 1.40 bits per heavy atom. The van der Waals surface area contributed by atoms with Gasteiger partial charge in [0.05, 0.1) is 21.5 Å². The molecule has 0 unspecified atom stereocenters. The van der Waals surface area contributed by atoms with Gasteiger partial charge < -0.3 is 4.90 Å². The van der Waals surface area contributed by atoms with Gasteiger partial charge in [-0.1, -0.05) is 35.3 Å². The van der Waals surface area contributed by atoms with Crippen LogP contribution in [0.15, 0.2) is 30.3 Å². The smallest absolute Gasteiger partial charge is 0.256 e. The van der Waals surface area contributed by atoms with E-state index in [1.165, 1.54) is 11.3 Å². The van der Waals surface area contributed by atoms with Crippen molar-refractivity contribution in [2.75, 3.05) is 7.05 Å². The van der Waals surface area contributed by atoms with Gasteiger partial charge in [-0.2, -0.15) is 5.26 Å². The molecule has 0 fully saturated rings. The Hall–Kier alpha value is -1.54. The zero-order valence-corrected chi connectivity index (χ0v) is 12.9. The Balaban J connectivity index is 2.15. The number of hydrogen-bond acceptors (Lipinski definition) is 3. The van der Waals surface area contributed by atoms with Crippen molar-refractivity contribution < 1.29 is 4.79 Å². The summed E-state index contributed by atoms with van der Waals surface area (Å²) in [5.41, 5.74) is 1.86. The second kappa shape index (κ2) is 6.27. The molecule has 20 heavy (non-hydrogen) atoms. The third-order valence-electron chi connectivity index (χ3n) is 2.71. The van der Waals surface area contributed by atoms with Crippen molar-refractivity contribution in [1.82, 2.24) is 4.90 Å². The molecule has 102 valence electrons. The van der Waals surface area contributed by atoms with Crippen LogP contribution >= 0.6 is 34.5 Å². The van der Waals surface area contributed by atoms with Crippen molar-refractivity contribution in [2.45, 2.75) is 6.54 Å². The highest BCUT2D eigenvalue weighted by molar-refractivity contribution is 7.20. The van der Waals surface area contributed by atoms with Crippen LogP contribution in [-0.2, 0) is 6.54 Å². The summed E-state index contributed by atoms with van der Waals surface area (Å²) in [6.45, 7) is 0.401. The largest absolute Gasteiger partial charge is 0.337 e. The molecule has 1 aromatic carbocycles. The number of carbonyl (C=O) groups excluding carboxylic acids is 1. The highest BCUT2D eigenvalue weighted by Gasteiger charge is 2.18. The molecule has 0 bridgehead atoms. The topological polar surface area (TPSA) is 44.1 Å². The summed E-state index contributed by atoms with van der Waals surface area (Å²) in [6, 6.07) is 10.8. The SMILES string of the molecule is CN(Cc1cccc(C#N)c1)C(=O)c1cc(Cl)sc1Cl. The highest BCUT2D eigenvalue weighted by Crippen LogP contribution is 2.31. The molecule has 0 spiro atoms. The number of hydrogen-bond donors (Lipinski definition) is 0. The van der Waals surface area contributed by atoms with Gasteiger partial charge in [0, 0.05) is 13.6 Å². The summed E-state index contributed by atoms with van der Waals surface area (Å²) < 4.78 is 0.871. The van der Waals surface area contributed by atoms with Gasteiger partial charge in [0.1, 0.15) is 4.34 Å². The van der Waals surface area contributed by atoms with E-state index >= 15 is 0 Å². The van der Waals surface area contributed by atoms with Crippen LogP contribution in [-0.4, -0.2) is 17.9 Å². The maximum atomic E-state index is 12.3. The molecule has 2 aromatic rings. The number of carbonyl (C=O) groups is 1. The number of rotatable bonds is 3. The number of thiophene rings is 1. The fourth-order valence-corrected chi connectivity index (χ4v) is 3.22. The first-order valence-electron chi connectivity index (χ1n) is 5.70. The molecule has 0 aliphatic carbocycles. The second-order valence-electron chi connectivity index (χ2n) is 4.21. The fraction of sp³-hybridized carbons (Fsp3) is 0.143.